The summed E-state index contributed by atoms with van der Waals surface area (Å²) in [6.07, 6.45) is 3.47. The number of carbonyl (C=O) groups excluding carboxylic acids is 1. The van der Waals surface area contributed by atoms with Gasteiger partial charge in [0, 0.05) is 13.5 Å². The molecule has 0 radical (unpaired) electrons. The molecule has 1 amide bonds. The molecule has 1 atom stereocenters. The Labute approximate surface area is 105 Å². The SMILES string of the molecule is CCc1ncc(CN(C)C(=O)C(Br)CC)[nH]1. The summed E-state index contributed by atoms with van der Waals surface area (Å²) in [6.45, 7) is 4.60. The van der Waals surface area contributed by atoms with Crippen molar-refractivity contribution in [2.24, 2.45) is 0 Å². The summed E-state index contributed by atoms with van der Waals surface area (Å²) in [4.78, 5) is 20.8. The maximum atomic E-state index is 11.8. The molecule has 1 aromatic rings. The van der Waals surface area contributed by atoms with Crippen molar-refractivity contribution in [3.63, 3.8) is 0 Å². The van der Waals surface area contributed by atoms with Gasteiger partial charge in [-0.1, -0.05) is 29.8 Å². The van der Waals surface area contributed by atoms with Crippen molar-refractivity contribution in [1.82, 2.24) is 14.9 Å². The molecule has 0 aliphatic heterocycles. The van der Waals surface area contributed by atoms with E-state index < -0.39 is 0 Å². The van der Waals surface area contributed by atoms with Gasteiger partial charge in [-0.3, -0.25) is 4.79 Å². The van der Waals surface area contributed by atoms with Crippen LogP contribution in [0.25, 0.3) is 0 Å². The lowest BCUT2D eigenvalue weighted by atomic mass is 10.3. The lowest BCUT2D eigenvalue weighted by Gasteiger charge is -2.18. The van der Waals surface area contributed by atoms with Gasteiger partial charge in [0.2, 0.25) is 5.91 Å². The normalized spacial score (nSPS) is 12.5. The standard InChI is InChI=1S/C11H18BrN3O/c1-4-9(12)11(16)15(3)7-8-6-13-10(5-2)14-8/h6,9H,4-5,7H2,1-3H3,(H,13,14). The molecular weight excluding hydrogens is 270 g/mol. The quantitative estimate of drug-likeness (QED) is 0.844. The third kappa shape index (κ3) is 3.33. The first-order chi connectivity index (χ1) is 7.58. The van der Waals surface area contributed by atoms with Crippen LogP contribution in [0.2, 0.25) is 0 Å². The highest BCUT2D eigenvalue weighted by atomic mass is 79.9. The summed E-state index contributed by atoms with van der Waals surface area (Å²) in [7, 11) is 1.80. The van der Waals surface area contributed by atoms with E-state index in [-0.39, 0.29) is 10.7 Å². The van der Waals surface area contributed by atoms with Crippen LogP contribution in [0.15, 0.2) is 6.20 Å². The monoisotopic (exact) mass is 287 g/mol. The molecule has 1 heterocycles. The van der Waals surface area contributed by atoms with Gasteiger partial charge in [-0.25, -0.2) is 4.98 Å². The number of carbonyl (C=O) groups is 1. The molecule has 0 aromatic carbocycles. The molecule has 1 unspecified atom stereocenters. The fourth-order valence-corrected chi connectivity index (χ4v) is 1.76. The van der Waals surface area contributed by atoms with E-state index in [0.29, 0.717) is 6.54 Å². The Hall–Kier alpha value is -0.840. The first-order valence-electron chi connectivity index (χ1n) is 5.50. The average Bonchev–Trinajstić information content (AvgIpc) is 2.74. The van der Waals surface area contributed by atoms with Crippen molar-refractivity contribution in [1.29, 1.82) is 0 Å². The van der Waals surface area contributed by atoms with Crippen LogP contribution < -0.4 is 0 Å². The Bertz CT molecular complexity index is 351. The zero-order valence-corrected chi connectivity index (χ0v) is 11.5. The zero-order valence-electron chi connectivity index (χ0n) is 9.96. The number of imidazole rings is 1. The van der Waals surface area contributed by atoms with Gasteiger partial charge in [0.25, 0.3) is 0 Å². The molecule has 0 saturated carbocycles. The van der Waals surface area contributed by atoms with E-state index in [1.807, 2.05) is 13.8 Å². The van der Waals surface area contributed by atoms with Crippen LogP contribution in [-0.2, 0) is 17.8 Å². The van der Waals surface area contributed by atoms with Gasteiger partial charge in [-0.2, -0.15) is 0 Å². The summed E-state index contributed by atoms with van der Waals surface area (Å²) in [5, 5.41) is 0. The molecule has 4 nitrogen and oxygen atoms in total. The van der Waals surface area contributed by atoms with Gasteiger partial charge in [0.15, 0.2) is 0 Å². The molecule has 90 valence electrons. The van der Waals surface area contributed by atoms with Gasteiger partial charge in [0.05, 0.1) is 23.3 Å². The summed E-state index contributed by atoms with van der Waals surface area (Å²) < 4.78 is 0. The van der Waals surface area contributed by atoms with Crippen molar-refractivity contribution in [2.75, 3.05) is 7.05 Å². The number of aryl methyl sites for hydroxylation is 1. The Morgan fingerprint density at radius 3 is 2.81 bits per heavy atom. The first kappa shape index (κ1) is 13.2. The number of aromatic amines is 1. The van der Waals surface area contributed by atoms with Crippen LogP contribution in [0.5, 0.6) is 0 Å². The van der Waals surface area contributed by atoms with Crippen LogP contribution in [0.3, 0.4) is 0 Å². The Kier molecular flexibility index (Phi) is 4.99. The van der Waals surface area contributed by atoms with Gasteiger partial charge in [-0.05, 0) is 6.42 Å². The van der Waals surface area contributed by atoms with Gasteiger partial charge in [-0.15, -0.1) is 0 Å². The zero-order chi connectivity index (χ0) is 12.1. The molecule has 5 heteroatoms. The van der Waals surface area contributed by atoms with Crippen LogP contribution in [0.1, 0.15) is 31.8 Å². The Balaban J connectivity index is 2.56. The molecule has 0 aliphatic rings. The second-order valence-electron chi connectivity index (χ2n) is 3.78. The first-order valence-corrected chi connectivity index (χ1v) is 6.41. The fourth-order valence-electron chi connectivity index (χ4n) is 1.41. The Morgan fingerprint density at radius 1 is 1.62 bits per heavy atom. The van der Waals surface area contributed by atoms with E-state index in [9.17, 15) is 4.79 Å². The van der Waals surface area contributed by atoms with Crippen LogP contribution in [-0.4, -0.2) is 32.6 Å². The van der Waals surface area contributed by atoms with Crippen molar-refractivity contribution >= 4 is 21.8 Å². The molecule has 1 rings (SSSR count). The van der Waals surface area contributed by atoms with Crippen LogP contribution in [0.4, 0.5) is 0 Å². The number of hydrogen-bond donors (Lipinski definition) is 1. The molecule has 0 saturated heterocycles. The number of hydrogen-bond acceptors (Lipinski definition) is 2. The number of nitrogens with one attached hydrogen (secondary N) is 1. The van der Waals surface area contributed by atoms with Crippen LogP contribution >= 0.6 is 15.9 Å². The number of aromatic nitrogens is 2. The number of halogens is 1. The van der Waals surface area contributed by atoms with Crippen molar-refractivity contribution < 1.29 is 4.79 Å². The van der Waals surface area contributed by atoms with Gasteiger partial charge in [0.1, 0.15) is 5.82 Å². The van der Waals surface area contributed by atoms with Crippen LogP contribution in [0, 0.1) is 0 Å². The number of alkyl halides is 1. The number of rotatable bonds is 5. The predicted octanol–water partition coefficient (Wildman–Crippen LogP) is 2.10. The second-order valence-corrected chi connectivity index (χ2v) is 4.88. The highest BCUT2D eigenvalue weighted by molar-refractivity contribution is 9.10. The van der Waals surface area contributed by atoms with Crippen molar-refractivity contribution in [2.45, 2.75) is 38.1 Å². The highest BCUT2D eigenvalue weighted by Crippen LogP contribution is 2.10. The average molecular weight is 288 g/mol. The summed E-state index contributed by atoms with van der Waals surface area (Å²) >= 11 is 3.36. The van der Waals surface area contributed by atoms with Crippen molar-refractivity contribution in [3.05, 3.63) is 17.7 Å². The minimum Gasteiger partial charge on any atom is -0.344 e. The topological polar surface area (TPSA) is 49.0 Å². The minimum absolute atomic E-state index is 0.0916. The number of amides is 1. The molecule has 0 aliphatic carbocycles. The highest BCUT2D eigenvalue weighted by Gasteiger charge is 2.17. The fraction of sp³-hybridized carbons (Fsp3) is 0.636. The summed E-state index contributed by atoms with van der Waals surface area (Å²) in [5.74, 6) is 1.07. The molecule has 1 N–H and O–H groups in total. The Morgan fingerprint density at radius 2 is 2.31 bits per heavy atom. The predicted molar refractivity (Wildman–Crippen MR) is 67.4 cm³/mol. The largest absolute Gasteiger partial charge is 0.344 e. The maximum Gasteiger partial charge on any atom is 0.236 e. The molecule has 0 fully saturated rings. The lowest BCUT2D eigenvalue weighted by molar-refractivity contribution is -0.129. The number of nitrogens with zero attached hydrogens (tertiary/aromatic N) is 2. The lowest BCUT2D eigenvalue weighted by Crippen LogP contribution is -2.32. The molecular formula is C11H18BrN3O. The molecule has 0 spiro atoms. The minimum atomic E-state index is -0.0916. The van der Waals surface area contributed by atoms with Gasteiger partial charge < -0.3 is 9.88 Å². The molecule has 16 heavy (non-hydrogen) atoms. The second kappa shape index (κ2) is 6.03. The third-order valence-electron chi connectivity index (χ3n) is 2.43. The van der Waals surface area contributed by atoms with Gasteiger partial charge >= 0.3 is 0 Å². The molecule has 1 aromatic heterocycles. The van der Waals surface area contributed by atoms with E-state index in [0.717, 1.165) is 24.4 Å². The smallest absolute Gasteiger partial charge is 0.236 e. The molecule has 0 bridgehead atoms. The van der Waals surface area contributed by atoms with E-state index >= 15 is 0 Å². The number of H-pyrrole nitrogens is 1. The summed E-state index contributed by atoms with van der Waals surface area (Å²) in [5.41, 5.74) is 0.975. The third-order valence-corrected chi connectivity index (χ3v) is 3.47. The van der Waals surface area contributed by atoms with Crippen molar-refractivity contribution in [3.8, 4) is 0 Å². The van der Waals surface area contributed by atoms with E-state index in [1.54, 1.807) is 18.1 Å². The van der Waals surface area contributed by atoms with E-state index in [2.05, 4.69) is 25.9 Å². The summed E-state index contributed by atoms with van der Waals surface area (Å²) in [6, 6.07) is 0. The van der Waals surface area contributed by atoms with E-state index in [1.165, 1.54) is 0 Å². The van der Waals surface area contributed by atoms with E-state index in [4.69, 9.17) is 0 Å². The maximum absolute atomic E-state index is 11.8.